The average Bonchev–Trinajstić information content (AvgIpc) is 2.71. The van der Waals surface area contributed by atoms with Crippen LogP contribution in [0.4, 0.5) is 0 Å². The minimum absolute atomic E-state index is 0. The highest BCUT2D eigenvalue weighted by Gasteiger charge is 2.06. The van der Waals surface area contributed by atoms with E-state index in [-0.39, 0.29) is 24.0 Å². The van der Waals surface area contributed by atoms with Gasteiger partial charge in [0.1, 0.15) is 5.75 Å². The highest BCUT2D eigenvalue weighted by molar-refractivity contribution is 14.0. The lowest BCUT2D eigenvalue weighted by molar-refractivity contribution is 0.271. The normalized spacial score (nSPS) is 11.7. The van der Waals surface area contributed by atoms with E-state index in [1.807, 2.05) is 43.3 Å². The number of sulfone groups is 1. The van der Waals surface area contributed by atoms with Crippen molar-refractivity contribution in [1.29, 1.82) is 0 Å². The lowest BCUT2D eigenvalue weighted by atomic mass is 10.1. The molecule has 2 aromatic rings. The third kappa shape index (κ3) is 10.4. The fourth-order valence-electron chi connectivity index (χ4n) is 2.69. The van der Waals surface area contributed by atoms with Crippen molar-refractivity contribution in [1.82, 2.24) is 10.6 Å². The van der Waals surface area contributed by atoms with Crippen molar-refractivity contribution in [3.8, 4) is 5.75 Å². The maximum Gasteiger partial charge on any atom is 0.191 e. The Morgan fingerprint density at radius 1 is 1.00 bits per heavy atom. The molecule has 0 aliphatic heterocycles. The van der Waals surface area contributed by atoms with Gasteiger partial charge in [-0.05, 0) is 54.7 Å². The zero-order chi connectivity index (χ0) is 22.0. The highest BCUT2D eigenvalue weighted by atomic mass is 127. The average molecular weight is 560 g/mol. The topological polar surface area (TPSA) is 79.8 Å². The first-order valence-corrected chi connectivity index (χ1v) is 12.2. The number of hydrogen-bond donors (Lipinski definition) is 2. The molecule has 0 aromatic heterocycles. The standard InChI is InChI=1S/C23H33N3O3S.HI/c1-5-24-23(25-15-14-19-8-12-22(13-9-19)30(4,27)28)26-16-20-6-10-21(11-7-20)29-17-18(2)3;/h6-13,18H,5,14-17H2,1-4H3,(H2,24,25,26);1H. The lowest BCUT2D eigenvalue weighted by Gasteiger charge is -2.12. The van der Waals surface area contributed by atoms with Crippen LogP contribution in [-0.4, -0.2) is 40.3 Å². The van der Waals surface area contributed by atoms with Crippen molar-refractivity contribution in [2.24, 2.45) is 10.9 Å². The van der Waals surface area contributed by atoms with Gasteiger partial charge in [-0.15, -0.1) is 24.0 Å². The molecule has 31 heavy (non-hydrogen) atoms. The van der Waals surface area contributed by atoms with Crippen molar-refractivity contribution in [3.05, 3.63) is 59.7 Å². The Morgan fingerprint density at radius 2 is 1.61 bits per heavy atom. The Labute approximate surface area is 203 Å². The quantitative estimate of drug-likeness (QED) is 0.261. The van der Waals surface area contributed by atoms with Gasteiger partial charge in [0.15, 0.2) is 15.8 Å². The molecule has 2 rings (SSSR count). The number of halogens is 1. The van der Waals surface area contributed by atoms with Crippen LogP contribution < -0.4 is 15.4 Å². The number of nitrogens with zero attached hydrogens (tertiary/aromatic N) is 1. The number of benzene rings is 2. The first kappa shape index (κ1) is 27.2. The molecule has 0 aliphatic carbocycles. The number of rotatable bonds is 10. The third-order valence-corrected chi connectivity index (χ3v) is 5.46. The summed E-state index contributed by atoms with van der Waals surface area (Å²) in [5.41, 5.74) is 2.18. The highest BCUT2D eigenvalue weighted by Crippen LogP contribution is 2.14. The molecule has 0 unspecified atom stereocenters. The van der Waals surface area contributed by atoms with Gasteiger partial charge in [0, 0.05) is 19.3 Å². The molecule has 0 amide bonds. The molecular formula is C23H34IN3O3S. The summed E-state index contributed by atoms with van der Waals surface area (Å²) in [6.07, 6.45) is 1.99. The van der Waals surface area contributed by atoms with Crippen molar-refractivity contribution in [2.75, 3.05) is 26.0 Å². The second-order valence-corrected chi connectivity index (χ2v) is 9.65. The van der Waals surface area contributed by atoms with Crippen molar-refractivity contribution >= 4 is 39.8 Å². The number of hydrogen-bond acceptors (Lipinski definition) is 4. The van der Waals surface area contributed by atoms with E-state index in [1.54, 1.807) is 12.1 Å². The number of aliphatic imine (C=N–C) groups is 1. The minimum Gasteiger partial charge on any atom is -0.493 e. The molecule has 0 radical (unpaired) electrons. The number of guanidine groups is 1. The molecule has 0 saturated heterocycles. The summed E-state index contributed by atoms with van der Waals surface area (Å²) >= 11 is 0. The van der Waals surface area contributed by atoms with Gasteiger partial charge < -0.3 is 15.4 Å². The summed E-state index contributed by atoms with van der Waals surface area (Å²) in [6, 6.07) is 15.0. The van der Waals surface area contributed by atoms with Crippen LogP contribution in [0.5, 0.6) is 5.75 Å². The van der Waals surface area contributed by atoms with Gasteiger partial charge >= 0.3 is 0 Å². The van der Waals surface area contributed by atoms with E-state index < -0.39 is 9.84 Å². The largest absolute Gasteiger partial charge is 0.493 e. The van der Waals surface area contributed by atoms with E-state index in [4.69, 9.17) is 4.74 Å². The molecule has 0 aliphatic rings. The summed E-state index contributed by atoms with van der Waals surface area (Å²) in [5, 5.41) is 6.57. The Hall–Kier alpha value is -1.81. The van der Waals surface area contributed by atoms with E-state index in [0.29, 0.717) is 30.5 Å². The molecule has 2 aromatic carbocycles. The first-order chi connectivity index (χ1) is 14.3. The van der Waals surface area contributed by atoms with Gasteiger partial charge in [-0.2, -0.15) is 0 Å². The Balaban J connectivity index is 0.00000480. The number of ether oxygens (including phenoxy) is 1. The molecule has 0 saturated carbocycles. The molecule has 0 fully saturated rings. The van der Waals surface area contributed by atoms with Gasteiger partial charge in [0.25, 0.3) is 0 Å². The van der Waals surface area contributed by atoms with Crippen LogP contribution in [0.15, 0.2) is 58.4 Å². The van der Waals surface area contributed by atoms with Gasteiger partial charge in [-0.3, -0.25) is 0 Å². The smallest absolute Gasteiger partial charge is 0.191 e. The zero-order valence-electron chi connectivity index (χ0n) is 18.7. The second-order valence-electron chi connectivity index (χ2n) is 7.64. The fourth-order valence-corrected chi connectivity index (χ4v) is 3.33. The van der Waals surface area contributed by atoms with E-state index >= 15 is 0 Å². The van der Waals surface area contributed by atoms with Crippen LogP contribution in [0.1, 0.15) is 31.9 Å². The maximum atomic E-state index is 11.5. The van der Waals surface area contributed by atoms with Crippen molar-refractivity contribution in [2.45, 2.75) is 38.6 Å². The van der Waals surface area contributed by atoms with Crippen molar-refractivity contribution in [3.63, 3.8) is 0 Å². The fraction of sp³-hybridized carbons (Fsp3) is 0.435. The predicted molar refractivity (Wildman–Crippen MR) is 138 cm³/mol. The van der Waals surface area contributed by atoms with Gasteiger partial charge in [0.2, 0.25) is 0 Å². The van der Waals surface area contributed by atoms with E-state index in [2.05, 4.69) is 29.5 Å². The number of nitrogens with one attached hydrogen (secondary N) is 2. The van der Waals surface area contributed by atoms with Crippen LogP contribution in [-0.2, 0) is 22.8 Å². The summed E-state index contributed by atoms with van der Waals surface area (Å²) < 4.78 is 28.8. The molecular weight excluding hydrogens is 525 g/mol. The molecule has 8 heteroatoms. The lowest BCUT2D eigenvalue weighted by Crippen LogP contribution is -2.38. The Kier molecular flexibility index (Phi) is 11.9. The molecule has 0 atom stereocenters. The van der Waals surface area contributed by atoms with Crippen LogP contribution in [0.2, 0.25) is 0 Å². The molecule has 172 valence electrons. The van der Waals surface area contributed by atoms with E-state index in [9.17, 15) is 8.42 Å². The molecule has 0 heterocycles. The van der Waals surface area contributed by atoms with E-state index in [1.165, 1.54) is 6.26 Å². The SMILES string of the molecule is CCNC(=NCc1ccc(OCC(C)C)cc1)NCCc1ccc(S(C)(=O)=O)cc1.I. The molecule has 2 N–H and O–H groups in total. The third-order valence-electron chi connectivity index (χ3n) is 4.33. The van der Waals surface area contributed by atoms with E-state index in [0.717, 1.165) is 35.8 Å². The summed E-state index contributed by atoms with van der Waals surface area (Å²) in [7, 11) is -3.16. The molecule has 6 nitrogen and oxygen atoms in total. The van der Waals surface area contributed by atoms with Gasteiger partial charge in [0.05, 0.1) is 18.0 Å². The van der Waals surface area contributed by atoms with Crippen molar-refractivity contribution < 1.29 is 13.2 Å². The molecule has 0 spiro atoms. The van der Waals surface area contributed by atoms with Gasteiger partial charge in [-0.25, -0.2) is 13.4 Å². The maximum absolute atomic E-state index is 11.5. The second kappa shape index (κ2) is 13.6. The monoisotopic (exact) mass is 559 g/mol. The molecule has 0 bridgehead atoms. The van der Waals surface area contributed by atoms with Gasteiger partial charge in [-0.1, -0.05) is 38.1 Å². The van der Waals surface area contributed by atoms with Crippen LogP contribution in [0.3, 0.4) is 0 Å². The summed E-state index contributed by atoms with van der Waals surface area (Å²) in [4.78, 5) is 4.98. The zero-order valence-corrected chi connectivity index (χ0v) is 21.9. The van der Waals surface area contributed by atoms with Crippen LogP contribution >= 0.6 is 24.0 Å². The Morgan fingerprint density at radius 3 is 2.16 bits per heavy atom. The predicted octanol–water partition coefficient (Wildman–Crippen LogP) is 4.04. The first-order valence-electron chi connectivity index (χ1n) is 10.3. The van der Waals surface area contributed by atoms with Crippen LogP contribution in [0, 0.1) is 5.92 Å². The van der Waals surface area contributed by atoms with Crippen LogP contribution in [0.25, 0.3) is 0 Å². The minimum atomic E-state index is -3.16. The Bertz CT molecular complexity index is 912. The summed E-state index contributed by atoms with van der Waals surface area (Å²) in [6.45, 7) is 9.04. The summed E-state index contributed by atoms with van der Waals surface area (Å²) in [5.74, 6) is 2.13.